The second kappa shape index (κ2) is 9.13. The highest BCUT2D eigenvalue weighted by Gasteiger charge is 2.24. The molecule has 0 bridgehead atoms. The molecule has 4 rings (SSSR count). The van der Waals surface area contributed by atoms with Crippen LogP contribution in [0.4, 0.5) is 17.1 Å². The molecule has 0 spiro atoms. The topological polar surface area (TPSA) is 87.3 Å². The monoisotopic (exact) mass is 471 g/mol. The zero-order valence-electron chi connectivity index (χ0n) is 16.3. The third kappa shape index (κ3) is 4.92. The number of thioether (sulfide) groups is 1. The van der Waals surface area contributed by atoms with E-state index in [0.717, 1.165) is 10.6 Å². The van der Waals surface area contributed by atoms with Crippen molar-refractivity contribution >= 4 is 63.2 Å². The Balaban J connectivity index is 1.47. The summed E-state index contributed by atoms with van der Waals surface area (Å²) in [5.41, 5.74) is 2.13. The molecule has 3 aromatic carbocycles. The molecule has 1 aliphatic heterocycles. The summed E-state index contributed by atoms with van der Waals surface area (Å²) in [6, 6.07) is 19.1. The van der Waals surface area contributed by atoms with Crippen molar-refractivity contribution in [3.63, 3.8) is 0 Å². The van der Waals surface area contributed by atoms with E-state index in [4.69, 9.17) is 11.6 Å². The molecule has 2 atom stereocenters. The summed E-state index contributed by atoms with van der Waals surface area (Å²) < 4.78 is 15.4. The molecule has 6 nitrogen and oxygen atoms in total. The molecule has 1 heterocycles. The molecule has 0 radical (unpaired) electrons. The van der Waals surface area contributed by atoms with E-state index in [1.807, 2.05) is 43.3 Å². The average Bonchev–Trinajstić information content (AvgIpc) is 2.76. The Kier molecular flexibility index (Phi) is 6.31. The van der Waals surface area contributed by atoms with E-state index >= 15 is 0 Å². The van der Waals surface area contributed by atoms with Crippen LogP contribution in [0.1, 0.15) is 17.3 Å². The summed E-state index contributed by atoms with van der Waals surface area (Å²) in [5, 5.41) is 5.67. The van der Waals surface area contributed by atoms with E-state index in [0.29, 0.717) is 21.8 Å². The maximum absolute atomic E-state index is 12.7. The zero-order valence-corrected chi connectivity index (χ0v) is 18.7. The summed E-state index contributed by atoms with van der Waals surface area (Å²) in [6.45, 7) is 1.83. The van der Waals surface area contributed by atoms with Crippen molar-refractivity contribution < 1.29 is 13.8 Å². The summed E-state index contributed by atoms with van der Waals surface area (Å²) in [6.07, 6.45) is 0. The molecule has 1 unspecified atom stereocenters. The Labute approximate surface area is 191 Å². The smallest absolute Gasteiger partial charge is 0.255 e. The fraction of sp³-hybridized carbons (Fsp3) is 0.0909. The van der Waals surface area contributed by atoms with Crippen LogP contribution in [-0.4, -0.2) is 21.3 Å². The number of fused-ring (bicyclic) bond motifs is 1. The van der Waals surface area contributed by atoms with E-state index in [1.165, 1.54) is 11.8 Å². The Morgan fingerprint density at radius 1 is 1.10 bits per heavy atom. The van der Waals surface area contributed by atoms with Crippen LogP contribution in [-0.2, 0) is 15.8 Å². The molecule has 31 heavy (non-hydrogen) atoms. The van der Waals surface area contributed by atoms with Crippen molar-refractivity contribution in [1.29, 1.82) is 0 Å². The summed E-state index contributed by atoms with van der Waals surface area (Å²) in [5.74, 6) is -0.454. The summed E-state index contributed by atoms with van der Waals surface area (Å²) in [4.78, 5) is 26.0. The highest BCUT2D eigenvalue weighted by molar-refractivity contribution is 8.01. The van der Waals surface area contributed by atoms with Crippen LogP contribution in [0.3, 0.4) is 0 Å². The van der Waals surface area contributed by atoms with Gasteiger partial charge in [-0.25, -0.2) is 4.21 Å². The molecular formula is C22H18ClN3O3S2. The van der Waals surface area contributed by atoms with Crippen LogP contribution in [0, 0.1) is 0 Å². The van der Waals surface area contributed by atoms with E-state index in [1.54, 1.807) is 30.3 Å². The lowest BCUT2D eigenvalue weighted by atomic mass is 10.1. The second-order valence-corrected chi connectivity index (χ2v) is 9.80. The standard InChI is InChI=1S/C22H18ClN3O3S2/c1-13-21(27)25-19-11-14(7-10-20(19)30-13)22(28)24-18-9-8-16(12-17(18)23)31(29)26-15-5-3-2-4-6-15/h2-13,26H,1H3,(H,24,28)(H,25,27)/t13-,31?/m1/s1. The van der Waals surface area contributed by atoms with E-state index in [9.17, 15) is 13.8 Å². The van der Waals surface area contributed by atoms with Crippen molar-refractivity contribution in [1.82, 2.24) is 0 Å². The van der Waals surface area contributed by atoms with Gasteiger partial charge in [-0.15, -0.1) is 11.8 Å². The normalized spacial score (nSPS) is 16.1. The third-order valence-electron chi connectivity index (χ3n) is 4.56. The summed E-state index contributed by atoms with van der Waals surface area (Å²) in [7, 11) is -1.50. The molecular weight excluding hydrogens is 454 g/mol. The van der Waals surface area contributed by atoms with Crippen LogP contribution >= 0.6 is 23.4 Å². The lowest BCUT2D eigenvalue weighted by Crippen LogP contribution is -2.26. The van der Waals surface area contributed by atoms with Gasteiger partial charge in [0, 0.05) is 16.1 Å². The molecule has 0 saturated carbocycles. The SMILES string of the molecule is C[C@H]1Sc2ccc(C(=O)Nc3ccc(S(=O)Nc4ccccc4)cc3Cl)cc2NC1=O. The van der Waals surface area contributed by atoms with E-state index < -0.39 is 11.0 Å². The number of nitrogens with one attached hydrogen (secondary N) is 3. The molecule has 3 aromatic rings. The van der Waals surface area contributed by atoms with Gasteiger partial charge in [0.2, 0.25) is 5.91 Å². The highest BCUT2D eigenvalue weighted by Crippen LogP contribution is 2.36. The number of para-hydroxylation sites is 1. The molecule has 0 fully saturated rings. The van der Waals surface area contributed by atoms with Gasteiger partial charge in [-0.1, -0.05) is 29.8 Å². The second-order valence-electron chi connectivity index (χ2n) is 6.79. The first-order valence-electron chi connectivity index (χ1n) is 9.36. The quantitative estimate of drug-likeness (QED) is 0.479. The minimum Gasteiger partial charge on any atom is -0.324 e. The van der Waals surface area contributed by atoms with Crippen molar-refractivity contribution in [3.05, 3.63) is 77.3 Å². The lowest BCUT2D eigenvalue weighted by Gasteiger charge is -2.21. The van der Waals surface area contributed by atoms with Crippen LogP contribution in [0.15, 0.2) is 76.5 Å². The lowest BCUT2D eigenvalue weighted by molar-refractivity contribution is -0.115. The number of benzene rings is 3. The Morgan fingerprint density at radius 3 is 2.61 bits per heavy atom. The van der Waals surface area contributed by atoms with Crippen molar-refractivity contribution in [2.24, 2.45) is 0 Å². The molecule has 0 aliphatic carbocycles. The molecule has 158 valence electrons. The molecule has 9 heteroatoms. The van der Waals surface area contributed by atoms with Gasteiger partial charge in [0.25, 0.3) is 5.91 Å². The van der Waals surface area contributed by atoms with Crippen LogP contribution in [0.2, 0.25) is 5.02 Å². The maximum Gasteiger partial charge on any atom is 0.255 e. The minimum absolute atomic E-state index is 0.0918. The molecule has 0 aromatic heterocycles. The highest BCUT2D eigenvalue weighted by atomic mass is 35.5. The third-order valence-corrected chi connectivity index (χ3v) is 7.15. The van der Waals surface area contributed by atoms with Crippen molar-refractivity contribution in [2.75, 3.05) is 15.4 Å². The van der Waals surface area contributed by atoms with Crippen molar-refractivity contribution in [2.45, 2.75) is 22.0 Å². The Hall–Kier alpha value is -2.81. The number of halogens is 1. The maximum atomic E-state index is 12.7. The number of amides is 2. The van der Waals surface area contributed by atoms with Gasteiger partial charge in [0.1, 0.15) is 11.0 Å². The molecule has 3 N–H and O–H groups in total. The predicted molar refractivity (Wildman–Crippen MR) is 126 cm³/mol. The number of carbonyl (C=O) groups excluding carboxylic acids is 2. The van der Waals surface area contributed by atoms with Gasteiger partial charge in [0.15, 0.2) is 0 Å². The fourth-order valence-electron chi connectivity index (χ4n) is 2.93. The van der Waals surface area contributed by atoms with Crippen molar-refractivity contribution in [3.8, 4) is 0 Å². The molecule has 1 aliphatic rings. The first-order valence-corrected chi connectivity index (χ1v) is 11.8. The van der Waals surface area contributed by atoms with E-state index in [2.05, 4.69) is 15.4 Å². The van der Waals surface area contributed by atoms with Crippen LogP contribution in [0.5, 0.6) is 0 Å². The molecule has 0 saturated heterocycles. The average molecular weight is 472 g/mol. The first kappa shape index (κ1) is 21.4. The van der Waals surface area contributed by atoms with E-state index in [-0.39, 0.29) is 22.1 Å². The predicted octanol–water partition coefficient (Wildman–Crippen LogP) is 5.16. The summed E-state index contributed by atoms with van der Waals surface area (Å²) >= 11 is 7.77. The number of hydrogen-bond acceptors (Lipinski definition) is 4. The van der Waals surface area contributed by atoms with Crippen LogP contribution < -0.4 is 15.4 Å². The van der Waals surface area contributed by atoms with Gasteiger partial charge in [-0.3, -0.25) is 9.59 Å². The van der Waals surface area contributed by atoms with Gasteiger partial charge in [-0.05, 0) is 55.5 Å². The largest absolute Gasteiger partial charge is 0.324 e. The number of hydrogen-bond donors (Lipinski definition) is 3. The first-order chi connectivity index (χ1) is 14.9. The minimum atomic E-state index is -1.50. The fourth-order valence-corrected chi connectivity index (χ4v) is 5.04. The zero-order chi connectivity index (χ0) is 22.0. The number of anilines is 3. The van der Waals surface area contributed by atoms with Gasteiger partial charge in [0.05, 0.1) is 26.5 Å². The number of carbonyl (C=O) groups is 2. The Morgan fingerprint density at radius 2 is 1.87 bits per heavy atom. The van der Waals surface area contributed by atoms with Gasteiger partial charge in [-0.2, -0.15) is 0 Å². The van der Waals surface area contributed by atoms with Gasteiger partial charge < -0.3 is 15.4 Å². The Bertz CT molecular complexity index is 1190. The van der Waals surface area contributed by atoms with Crippen LogP contribution in [0.25, 0.3) is 0 Å². The molecule has 2 amide bonds. The van der Waals surface area contributed by atoms with Gasteiger partial charge >= 0.3 is 0 Å². The number of rotatable bonds is 5.